The van der Waals surface area contributed by atoms with E-state index in [9.17, 15) is 4.79 Å². The maximum absolute atomic E-state index is 11.1. The number of ether oxygens (including phenoxy) is 2. The van der Waals surface area contributed by atoms with E-state index >= 15 is 0 Å². The van der Waals surface area contributed by atoms with Gasteiger partial charge in [-0.3, -0.25) is 4.79 Å². The Hall–Kier alpha value is -2.55. The van der Waals surface area contributed by atoms with Gasteiger partial charge in [0.1, 0.15) is 24.7 Å². The molecular weight excluding hydrogens is 264 g/mol. The summed E-state index contributed by atoms with van der Waals surface area (Å²) in [6.07, 6.45) is 3.26. The van der Waals surface area contributed by atoms with E-state index in [-0.39, 0.29) is 0 Å². The number of aldehydes is 1. The second kappa shape index (κ2) is 7.90. The van der Waals surface area contributed by atoms with Crippen molar-refractivity contribution in [2.45, 2.75) is 6.42 Å². The van der Waals surface area contributed by atoms with E-state index in [1.807, 2.05) is 42.5 Å². The summed E-state index contributed by atoms with van der Waals surface area (Å²) in [5.41, 5.74) is 1.50. The molecule has 0 saturated heterocycles. The summed E-state index contributed by atoms with van der Waals surface area (Å²) < 4.78 is 11.3. The highest BCUT2D eigenvalue weighted by atomic mass is 16.5. The van der Waals surface area contributed by atoms with E-state index in [0.717, 1.165) is 17.6 Å². The molecule has 0 atom stereocenters. The lowest BCUT2D eigenvalue weighted by Gasteiger charge is -2.13. The summed E-state index contributed by atoms with van der Waals surface area (Å²) in [4.78, 5) is 11.1. The van der Waals surface area contributed by atoms with Crippen LogP contribution in [-0.4, -0.2) is 19.5 Å². The molecular formula is C18H18O3. The van der Waals surface area contributed by atoms with Crippen LogP contribution in [0.25, 0.3) is 0 Å². The number of benzene rings is 2. The highest BCUT2D eigenvalue weighted by Crippen LogP contribution is 2.23. The molecule has 0 spiro atoms. The molecule has 108 valence electrons. The monoisotopic (exact) mass is 282 g/mol. The van der Waals surface area contributed by atoms with E-state index in [1.165, 1.54) is 0 Å². The summed E-state index contributed by atoms with van der Waals surface area (Å²) in [6.45, 7) is 4.52. The van der Waals surface area contributed by atoms with Gasteiger partial charge in [0.15, 0.2) is 6.29 Å². The largest absolute Gasteiger partial charge is 0.490 e. The van der Waals surface area contributed by atoms with Crippen molar-refractivity contribution in [1.29, 1.82) is 0 Å². The number of hydrogen-bond donors (Lipinski definition) is 0. The van der Waals surface area contributed by atoms with Crippen LogP contribution >= 0.6 is 0 Å². The molecule has 0 bridgehead atoms. The molecule has 0 amide bonds. The van der Waals surface area contributed by atoms with Gasteiger partial charge in [-0.2, -0.15) is 0 Å². The molecule has 0 unspecified atom stereocenters. The Kier molecular flexibility index (Phi) is 5.59. The molecule has 3 nitrogen and oxygen atoms in total. The van der Waals surface area contributed by atoms with Crippen LogP contribution in [0.4, 0.5) is 0 Å². The first-order chi connectivity index (χ1) is 10.3. The highest BCUT2D eigenvalue weighted by Gasteiger charge is 2.08. The van der Waals surface area contributed by atoms with Crippen molar-refractivity contribution in [3.8, 4) is 11.5 Å². The van der Waals surface area contributed by atoms with Gasteiger partial charge in [-0.05, 0) is 30.2 Å². The average Bonchev–Trinajstić information content (AvgIpc) is 2.53. The first-order valence-electron chi connectivity index (χ1n) is 6.83. The van der Waals surface area contributed by atoms with E-state index in [4.69, 9.17) is 9.47 Å². The van der Waals surface area contributed by atoms with E-state index in [0.29, 0.717) is 30.9 Å². The second-order valence-electron chi connectivity index (χ2n) is 4.46. The molecule has 0 saturated carbocycles. The third kappa shape index (κ3) is 4.21. The Morgan fingerprint density at radius 1 is 0.952 bits per heavy atom. The summed E-state index contributed by atoms with van der Waals surface area (Å²) in [6, 6.07) is 15.1. The average molecular weight is 282 g/mol. The van der Waals surface area contributed by atoms with Crippen LogP contribution in [0.5, 0.6) is 11.5 Å². The molecule has 0 N–H and O–H groups in total. The molecule has 0 aliphatic carbocycles. The van der Waals surface area contributed by atoms with Gasteiger partial charge in [-0.15, -0.1) is 6.58 Å². The maximum atomic E-state index is 11.1. The first kappa shape index (κ1) is 14.9. The molecule has 0 fully saturated rings. The van der Waals surface area contributed by atoms with Gasteiger partial charge in [0.2, 0.25) is 0 Å². The number of allylic oxidation sites excluding steroid dienone is 1. The fourth-order valence-electron chi connectivity index (χ4n) is 2.01. The van der Waals surface area contributed by atoms with Gasteiger partial charge >= 0.3 is 0 Å². The van der Waals surface area contributed by atoms with Crippen LogP contribution in [0.2, 0.25) is 0 Å². The molecule has 0 radical (unpaired) electrons. The van der Waals surface area contributed by atoms with E-state index < -0.39 is 0 Å². The topological polar surface area (TPSA) is 35.5 Å². The van der Waals surface area contributed by atoms with Crippen molar-refractivity contribution in [3.63, 3.8) is 0 Å². The first-order valence-corrected chi connectivity index (χ1v) is 6.83. The van der Waals surface area contributed by atoms with Crippen molar-refractivity contribution >= 4 is 6.29 Å². The van der Waals surface area contributed by atoms with Crippen molar-refractivity contribution in [2.24, 2.45) is 0 Å². The van der Waals surface area contributed by atoms with Crippen LogP contribution in [0.3, 0.4) is 0 Å². The predicted octanol–water partition coefficient (Wildman–Crippen LogP) is 3.69. The lowest BCUT2D eigenvalue weighted by molar-refractivity contribution is 0.111. The van der Waals surface area contributed by atoms with Crippen LogP contribution in [0.15, 0.2) is 61.2 Å². The lowest BCUT2D eigenvalue weighted by Crippen LogP contribution is -2.11. The zero-order valence-electron chi connectivity index (χ0n) is 11.8. The molecule has 0 aliphatic heterocycles. The third-order valence-corrected chi connectivity index (χ3v) is 2.96. The Labute approximate surface area is 124 Å². The molecule has 21 heavy (non-hydrogen) atoms. The second-order valence-corrected chi connectivity index (χ2v) is 4.46. The molecule has 0 aliphatic rings. The SMILES string of the molecule is C=CCc1cccc(C=O)c1OCCOc1ccccc1. The van der Waals surface area contributed by atoms with Crippen molar-refractivity contribution in [1.82, 2.24) is 0 Å². The molecule has 2 aromatic rings. The molecule has 0 aromatic heterocycles. The summed E-state index contributed by atoms with van der Waals surface area (Å²) in [5.74, 6) is 1.42. The van der Waals surface area contributed by atoms with Gasteiger partial charge in [-0.1, -0.05) is 36.4 Å². The minimum atomic E-state index is 0.379. The van der Waals surface area contributed by atoms with Crippen molar-refractivity contribution < 1.29 is 14.3 Å². The smallest absolute Gasteiger partial charge is 0.153 e. The normalized spacial score (nSPS) is 9.90. The Balaban J connectivity index is 1.95. The van der Waals surface area contributed by atoms with E-state index in [2.05, 4.69) is 6.58 Å². The van der Waals surface area contributed by atoms with Crippen molar-refractivity contribution in [3.05, 3.63) is 72.3 Å². The Bertz CT molecular complexity index is 591. The van der Waals surface area contributed by atoms with Gasteiger partial charge < -0.3 is 9.47 Å². The number of para-hydroxylation sites is 2. The van der Waals surface area contributed by atoms with Crippen LogP contribution in [0, 0.1) is 0 Å². The molecule has 2 rings (SSSR count). The summed E-state index contributed by atoms with van der Waals surface area (Å²) in [5, 5.41) is 0. The fourth-order valence-corrected chi connectivity index (χ4v) is 2.01. The predicted molar refractivity (Wildman–Crippen MR) is 83.2 cm³/mol. The van der Waals surface area contributed by atoms with Gasteiger partial charge in [0.05, 0.1) is 5.56 Å². The lowest BCUT2D eigenvalue weighted by atomic mass is 10.1. The highest BCUT2D eigenvalue weighted by molar-refractivity contribution is 5.80. The maximum Gasteiger partial charge on any atom is 0.153 e. The molecule has 2 aromatic carbocycles. The van der Waals surface area contributed by atoms with Gasteiger partial charge in [-0.25, -0.2) is 0 Å². The summed E-state index contributed by atoms with van der Waals surface area (Å²) in [7, 11) is 0. The van der Waals surface area contributed by atoms with Gasteiger partial charge in [0.25, 0.3) is 0 Å². The number of carbonyl (C=O) groups excluding carboxylic acids is 1. The van der Waals surface area contributed by atoms with Crippen molar-refractivity contribution in [2.75, 3.05) is 13.2 Å². The van der Waals surface area contributed by atoms with Crippen LogP contribution in [0.1, 0.15) is 15.9 Å². The molecule has 0 heterocycles. The minimum absolute atomic E-state index is 0.379. The van der Waals surface area contributed by atoms with Crippen LogP contribution in [-0.2, 0) is 6.42 Å². The number of carbonyl (C=O) groups is 1. The number of rotatable bonds is 8. The zero-order valence-corrected chi connectivity index (χ0v) is 11.8. The Morgan fingerprint density at radius 3 is 2.43 bits per heavy atom. The minimum Gasteiger partial charge on any atom is -0.490 e. The number of hydrogen-bond acceptors (Lipinski definition) is 3. The third-order valence-electron chi connectivity index (χ3n) is 2.96. The standard InChI is InChI=1S/C18H18O3/c1-2-7-15-8-6-9-16(14-19)18(15)21-13-12-20-17-10-4-3-5-11-17/h2-6,8-11,14H,1,7,12-13H2. The van der Waals surface area contributed by atoms with E-state index in [1.54, 1.807) is 12.1 Å². The quantitative estimate of drug-likeness (QED) is 0.421. The van der Waals surface area contributed by atoms with Crippen LogP contribution < -0.4 is 9.47 Å². The summed E-state index contributed by atoms with van der Waals surface area (Å²) >= 11 is 0. The van der Waals surface area contributed by atoms with Gasteiger partial charge in [0, 0.05) is 0 Å². The fraction of sp³-hybridized carbons (Fsp3) is 0.167. The molecule has 3 heteroatoms. The zero-order chi connectivity index (χ0) is 14.9. The Morgan fingerprint density at radius 2 is 1.71 bits per heavy atom.